The highest BCUT2D eigenvalue weighted by Crippen LogP contribution is 2.40. The summed E-state index contributed by atoms with van der Waals surface area (Å²) in [6.45, 7) is 12.3. The Morgan fingerprint density at radius 3 is 2.71 bits per heavy atom. The van der Waals surface area contributed by atoms with E-state index in [9.17, 15) is 0 Å². The smallest absolute Gasteiger partial charge is 0.00671 e. The minimum absolute atomic E-state index is 0.547. The van der Waals surface area contributed by atoms with Gasteiger partial charge in [-0.15, -0.1) is 0 Å². The molecule has 0 aromatic heterocycles. The molecule has 124 valence electrons. The number of nitrogens with one attached hydrogen (secondary N) is 1. The second-order valence-corrected chi connectivity index (χ2v) is 8.05. The van der Waals surface area contributed by atoms with Gasteiger partial charge >= 0.3 is 0 Å². The summed E-state index contributed by atoms with van der Waals surface area (Å²) < 4.78 is 0. The van der Waals surface area contributed by atoms with Gasteiger partial charge in [-0.25, -0.2) is 0 Å². The molecule has 0 aromatic carbocycles. The molecular formula is C19H38N2. The van der Waals surface area contributed by atoms with E-state index < -0.39 is 0 Å². The van der Waals surface area contributed by atoms with E-state index in [-0.39, 0.29) is 0 Å². The zero-order valence-corrected chi connectivity index (χ0v) is 14.8. The molecule has 2 heteroatoms. The lowest BCUT2D eigenvalue weighted by Crippen LogP contribution is -2.49. The number of nitrogens with zero attached hydrogens (tertiary/aromatic N) is 1. The Bertz CT molecular complexity index is 291. The van der Waals surface area contributed by atoms with Crippen LogP contribution < -0.4 is 5.32 Å². The molecule has 21 heavy (non-hydrogen) atoms. The molecule has 3 atom stereocenters. The van der Waals surface area contributed by atoms with Gasteiger partial charge in [-0.1, -0.05) is 39.5 Å². The van der Waals surface area contributed by atoms with Crippen molar-refractivity contribution in [2.45, 2.75) is 84.6 Å². The van der Waals surface area contributed by atoms with Crippen LogP contribution in [0.5, 0.6) is 0 Å². The second kappa shape index (κ2) is 8.53. The first-order valence-electron chi connectivity index (χ1n) is 9.60. The topological polar surface area (TPSA) is 15.3 Å². The highest BCUT2D eigenvalue weighted by Gasteiger charge is 2.37. The summed E-state index contributed by atoms with van der Waals surface area (Å²) in [5.41, 5.74) is 0.547. The van der Waals surface area contributed by atoms with Crippen molar-refractivity contribution < 1.29 is 0 Å². The standard InChI is InChI=1S/C19H38N2/c1-4-12-20-15-19(11-8-9-17(2)14-19)16-21-13-7-5-6-10-18(21)3/h17-18,20H,4-16H2,1-3H3. The first-order chi connectivity index (χ1) is 10.2. The van der Waals surface area contributed by atoms with E-state index in [1.165, 1.54) is 84.0 Å². The molecule has 1 N–H and O–H groups in total. The third-order valence-electron chi connectivity index (χ3n) is 5.84. The van der Waals surface area contributed by atoms with Crippen LogP contribution in [0.25, 0.3) is 0 Å². The van der Waals surface area contributed by atoms with Gasteiger partial charge in [0.15, 0.2) is 0 Å². The molecule has 0 radical (unpaired) electrons. The van der Waals surface area contributed by atoms with Crippen LogP contribution in [0, 0.1) is 11.3 Å². The molecule has 2 fully saturated rings. The van der Waals surface area contributed by atoms with E-state index in [1.54, 1.807) is 0 Å². The van der Waals surface area contributed by atoms with Gasteiger partial charge in [0.2, 0.25) is 0 Å². The van der Waals surface area contributed by atoms with Gasteiger partial charge in [-0.3, -0.25) is 0 Å². The zero-order chi connectivity index (χ0) is 15.1. The van der Waals surface area contributed by atoms with Crippen molar-refractivity contribution in [3.05, 3.63) is 0 Å². The maximum atomic E-state index is 3.76. The third kappa shape index (κ3) is 5.25. The van der Waals surface area contributed by atoms with Gasteiger partial charge in [0.05, 0.1) is 0 Å². The van der Waals surface area contributed by atoms with Gasteiger partial charge in [0.25, 0.3) is 0 Å². The van der Waals surface area contributed by atoms with Crippen LogP contribution in [0.1, 0.15) is 78.6 Å². The summed E-state index contributed by atoms with van der Waals surface area (Å²) in [6.07, 6.45) is 12.7. The van der Waals surface area contributed by atoms with Crippen LogP contribution in [0.2, 0.25) is 0 Å². The van der Waals surface area contributed by atoms with Crippen LogP contribution >= 0.6 is 0 Å². The van der Waals surface area contributed by atoms with Gasteiger partial charge in [0, 0.05) is 19.1 Å². The molecule has 0 bridgehead atoms. The Morgan fingerprint density at radius 1 is 1.10 bits per heavy atom. The van der Waals surface area contributed by atoms with Crippen molar-refractivity contribution in [1.29, 1.82) is 0 Å². The van der Waals surface area contributed by atoms with Crippen molar-refractivity contribution in [3.63, 3.8) is 0 Å². The minimum atomic E-state index is 0.547. The summed E-state index contributed by atoms with van der Waals surface area (Å²) in [5.74, 6) is 0.921. The molecule has 0 aromatic rings. The van der Waals surface area contributed by atoms with Crippen LogP contribution in [-0.2, 0) is 0 Å². The molecule has 2 nitrogen and oxygen atoms in total. The van der Waals surface area contributed by atoms with Gasteiger partial charge in [-0.05, 0) is 63.5 Å². The molecule has 1 saturated carbocycles. The van der Waals surface area contributed by atoms with Crippen molar-refractivity contribution in [2.75, 3.05) is 26.2 Å². The second-order valence-electron chi connectivity index (χ2n) is 8.05. The van der Waals surface area contributed by atoms with Crippen molar-refractivity contribution in [3.8, 4) is 0 Å². The minimum Gasteiger partial charge on any atom is -0.316 e. The maximum absolute atomic E-state index is 3.76. The zero-order valence-electron chi connectivity index (χ0n) is 14.8. The highest BCUT2D eigenvalue weighted by atomic mass is 15.2. The summed E-state index contributed by atoms with van der Waals surface area (Å²) in [7, 11) is 0. The van der Waals surface area contributed by atoms with E-state index in [0.717, 1.165) is 12.0 Å². The van der Waals surface area contributed by atoms with Crippen LogP contribution in [0.15, 0.2) is 0 Å². The molecule has 1 saturated heterocycles. The van der Waals surface area contributed by atoms with Crippen LogP contribution in [0.3, 0.4) is 0 Å². The average Bonchev–Trinajstić information content (AvgIpc) is 2.64. The summed E-state index contributed by atoms with van der Waals surface area (Å²) in [6, 6.07) is 0.799. The Hall–Kier alpha value is -0.0800. The summed E-state index contributed by atoms with van der Waals surface area (Å²) in [4.78, 5) is 2.83. The lowest BCUT2D eigenvalue weighted by Gasteiger charge is -2.45. The number of rotatable bonds is 6. The Labute approximate surface area is 133 Å². The largest absolute Gasteiger partial charge is 0.316 e. The Kier molecular flexibility index (Phi) is 7.01. The summed E-state index contributed by atoms with van der Waals surface area (Å²) in [5, 5.41) is 3.76. The predicted octanol–water partition coefficient (Wildman–Crippen LogP) is 4.45. The number of hydrogen-bond acceptors (Lipinski definition) is 2. The number of likely N-dealkylation sites (tertiary alicyclic amines) is 1. The van der Waals surface area contributed by atoms with E-state index in [1.807, 2.05) is 0 Å². The molecule has 1 heterocycles. The fraction of sp³-hybridized carbons (Fsp3) is 1.00. The van der Waals surface area contributed by atoms with E-state index >= 15 is 0 Å². The Balaban J connectivity index is 1.99. The molecule has 3 unspecified atom stereocenters. The van der Waals surface area contributed by atoms with Gasteiger partial charge in [-0.2, -0.15) is 0 Å². The normalized spacial score (nSPS) is 35.6. The molecule has 0 amide bonds. The predicted molar refractivity (Wildman–Crippen MR) is 92.7 cm³/mol. The highest BCUT2D eigenvalue weighted by molar-refractivity contribution is 4.91. The van der Waals surface area contributed by atoms with Crippen LogP contribution in [-0.4, -0.2) is 37.1 Å². The summed E-state index contributed by atoms with van der Waals surface area (Å²) >= 11 is 0. The fourth-order valence-electron chi connectivity index (χ4n) is 4.66. The van der Waals surface area contributed by atoms with Gasteiger partial charge in [0.1, 0.15) is 0 Å². The van der Waals surface area contributed by atoms with Gasteiger partial charge < -0.3 is 10.2 Å². The van der Waals surface area contributed by atoms with E-state index in [2.05, 4.69) is 31.0 Å². The maximum Gasteiger partial charge on any atom is 0.00671 e. The fourth-order valence-corrected chi connectivity index (χ4v) is 4.66. The molecule has 0 spiro atoms. The van der Waals surface area contributed by atoms with E-state index in [4.69, 9.17) is 0 Å². The third-order valence-corrected chi connectivity index (χ3v) is 5.84. The SMILES string of the molecule is CCCNCC1(CN2CCCCCC2C)CCCC(C)C1. The average molecular weight is 295 g/mol. The number of hydrogen-bond donors (Lipinski definition) is 1. The molecule has 1 aliphatic heterocycles. The Morgan fingerprint density at radius 2 is 1.95 bits per heavy atom. The van der Waals surface area contributed by atoms with Crippen molar-refractivity contribution in [1.82, 2.24) is 10.2 Å². The molecule has 2 rings (SSSR count). The lowest BCUT2D eigenvalue weighted by molar-refractivity contribution is 0.0627. The van der Waals surface area contributed by atoms with Crippen molar-refractivity contribution in [2.24, 2.45) is 11.3 Å². The quantitative estimate of drug-likeness (QED) is 0.728. The molecule has 2 aliphatic rings. The lowest BCUT2D eigenvalue weighted by atomic mass is 9.69. The first kappa shape index (κ1) is 17.3. The molecular weight excluding hydrogens is 256 g/mol. The van der Waals surface area contributed by atoms with E-state index in [0.29, 0.717) is 5.41 Å². The monoisotopic (exact) mass is 294 g/mol. The first-order valence-corrected chi connectivity index (χ1v) is 9.60. The molecule has 1 aliphatic carbocycles. The van der Waals surface area contributed by atoms with Crippen molar-refractivity contribution >= 4 is 0 Å². The van der Waals surface area contributed by atoms with Crippen LogP contribution in [0.4, 0.5) is 0 Å².